The lowest BCUT2D eigenvalue weighted by Gasteiger charge is -2.22. The largest absolute Gasteiger partial charge is 0.338 e. The van der Waals surface area contributed by atoms with Crippen LogP contribution in [-0.2, 0) is 0 Å². The van der Waals surface area contributed by atoms with Crippen molar-refractivity contribution in [1.82, 2.24) is 25.5 Å². The lowest BCUT2D eigenvalue weighted by Crippen LogP contribution is -2.29. The lowest BCUT2D eigenvalue weighted by molar-refractivity contribution is 0.428. The van der Waals surface area contributed by atoms with Gasteiger partial charge in [0.15, 0.2) is 0 Å². The molecule has 1 fully saturated rings. The van der Waals surface area contributed by atoms with Gasteiger partial charge >= 0.3 is 0 Å². The van der Waals surface area contributed by atoms with Gasteiger partial charge in [0.25, 0.3) is 0 Å². The van der Waals surface area contributed by atoms with E-state index in [1.54, 1.807) is 11.3 Å². The molecule has 152 valence electrons. The molecule has 0 radical (unpaired) electrons. The predicted molar refractivity (Wildman–Crippen MR) is 126 cm³/mol. The fraction of sp³-hybridized carbons (Fsp3) is 0.250. The van der Waals surface area contributed by atoms with Crippen molar-refractivity contribution in [3.8, 4) is 21.8 Å². The summed E-state index contributed by atoms with van der Waals surface area (Å²) >= 11 is 1.74. The number of nitrogens with one attached hydrogen (secondary N) is 3. The number of piperidine rings is 1. The smallest absolute Gasteiger partial charge is 0.138 e. The average Bonchev–Trinajstić information content (AvgIpc) is 3.53. The monoisotopic (exact) mass is 415 g/mol. The van der Waals surface area contributed by atoms with Crippen LogP contribution in [0.25, 0.3) is 45.0 Å². The number of hydrogen-bond acceptors (Lipinski definition) is 4. The van der Waals surface area contributed by atoms with Crippen LogP contribution in [0.2, 0.25) is 0 Å². The molecule has 0 saturated carbocycles. The zero-order valence-electron chi connectivity index (χ0n) is 17.0. The molecule has 0 atom stereocenters. The first-order valence-corrected chi connectivity index (χ1v) is 11.3. The number of fused-ring (bicyclic) bond motifs is 1. The summed E-state index contributed by atoms with van der Waals surface area (Å²) in [6.07, 6.45) is 8.40. The highest BCUT2D eigenvalue weighted by Gasteiger charge is 2.17. The number of H-pyrrole nitrogens is 2. The highest BCUT2D eigenvalue weighted by Crippen LogP contribution is 2.32. The molecular weight excluding hydrogens is 390 g/mol. The van der Waals surface area contributed by atoms with Crippen molar-refractivity contribution in [2.75, 3.05) is 13.1 Å². The quantitative estimate of drug-likeness (QED) is 0.475. The third-order valence-corrected chi connectivity index (χ3v) is 6.79. The molecule has 5 nitrogen and oxygen atoms in total. The minimum Gasteiger partial charge on any atom is -0.338 e. The van der Waals surface area contributed by atoms with Crippen LogP contribution in [0.1, 0.15) is 19.8 Å². The topological polar surface area (TPSA) is 69.4 Å². The Morgan fingerprint density at radius 2 is 2.13 bits per heavy atom. The van der Waals surface area contributed by atoms with E-state index in [9.17, 15) is 0 Å². The van der Waals surface area contributed by atoms with Gasteiger partial charge in [-0.2, -0.15) is 5.10 Å². The van der Waals surface area contributed by atoms with E-state index in [1.807, 2.05) is 13.1 Å². The van der Waals surface area contributed by atoms with Gasteiger partial charge in [0.1, 0.15) is 11.3 Å². The van der Waals surface area contributed by atoms with E-state index < -0.39 is 0 Å². The summed E-state index contributed by atoms with van der Waals surface area (Å²) in [5.74, 6) is 0.522. The van der Waals surface area contributed by atoms with E-state index in [-0.39, 0.29) is 0 Å². The van der Waals surface area contributed by atoms with Gasteiger partial charge in [0.05, 0.1) is 11.0 Å². The van der Waals surface area contributed by atoms with E-state index in [0.29, 0.717) is 5.92 Å². The number of allylic oxidation sites excluding steroid dienone is 1. The van der Waals surface area contributed by atoms with Crippen molar-refractivity contribution >= 4 is 34.5 Å². The summed E-state index contributed by atoms with van der Waals surface area (Å²) in [4.78, 5) is 9.28. The Hall–Kier alpha value is -2.96. The lowest BCUT2D eigenvalue weighted by atomic mass is 9.90. The van der Waals surface area contributed by atoms with E-state index in [1.165, 1.54) is 16.0 Å². The van der Waals surface area contributed by atoms with Crippen LogP contribution in [0.5, 0.6) is 0 Å². The number of nitrogens with zero attached hydrogens (tertiary/aromatic N) is 2. The predicted octanol–water partition coefficient (Wildman–Crippen LogP) is 3.82. The Labute approximate surface area is 179 Å². The van der Waals surface area contributed by atoms with Gasteiger partial charge < -0.3 is 10.3 Å². The maximum atomic E-state index is 4.65. The number of hydrogen-bond donors (Lipinski definition) is 3. The molecule has 5 rings (SSSR count). The van der Waals surface area contributed by atoms with Gasteiger partial charge in [-0.1, -0.05) is 24.3 Å². The first kappa shape index (κ1) is 19.0. The van der Waals surface area contributed by atoms with Crippen molar-refractivity contribution in [1.29, 1.82) is 0 Å². The highest BCUT2D eigenvalue weighted by atomic mass is 32.1. The van der Waals surface area contributed by atoms with Crippen molar-refractivity contribution in [2.24, 2.45) is 5.92 Å². The molecule has 3 N–H and O–H groups in total. The van der Waals surface area contributed by atoms with Crippen LogP contribution < -0.4 is 15.9 Å². The molecule has 1 saturated heterocycles. The molecule has 0 aromatic carbocycles. The molecule has 4 aromatic rings. The molecule has 0 aliphatic carbocycles. The average molecular weight is 416 g/mol. The standard InChI is InChI=1S/C24H25N5S/c1-3-20-19(13-15(2)16-6-9-25-10-7-16)23(29-28-20)21-14-18-17(22-5-4-12-30-22)8-11-26-24(18)27-21/h3-5,8,11-14,16,25,28H,2,6-7,9-10H2,1H3,(H,26,27)/b19-13+,20-3+. The first-order valence-electron chi connectivity index (χ1n) is 10.4. The van der Waals surface area contributed by atoms with Crippen LogP contribution in [-0.4, -0.2) is 33.3 Å². The summed E-state index contributed by atoms with van der Waals surface area (Å²) < 4.78 is 0. The van der Waals surface area contributed by atoms with E-state index >= 15 is 0 Å². The number of aromatic nitrogens is 4. The van der Waals surface area contributed by atoms with Gasteiger partial charge in [0, 0.05) is 27.2 Å². The van der Waals surface area contributed by atoms with E-state index in [4.69, 9.17) is 0 Å². The Morgan fingerprint density at radius 3 is 2.90 bits per heavy atom. The Morgan fingerprint density at radius 1 is 1.27 bits per heavy atom. The SMILES string of the molecule is C=C(/C=c1/c(-c2cc3c(-c4cccs4)ccnc3[nH]2)n[nH]/c1=C/C)C1CCNCC1. The normalized spacial score (nSPS) is 16.6. The van der Waals surface area contributed by atoms with Gasteiger partial charge in [-0.3, -0.25) is 5.10 Å². The van der Waals surface area contributed by atoms with Crippen LogP contribution in [0.15, 0.2) is 48.0 Å². The van der Waals surface area contributed by atoms with Crippen molar-refractivity contribution in [2.45, 2.75) is 19.8 Å². The zero-order chi connectivity index (χ0) is 20.5. The fourth-order valence-corrected chi connectivity index (χ4v) is 5.00. The molecule has 5 heterocycles. The van der Waals surface area contributed by atoms with E-state index in [2.05, 4.69) is 73.9 Å². The molecule has 0 unspecified atom stereocenters. The maximum Gasteiger partial charge on any atom is 0.138 e. The molecule has 1 aliphatic heterocycles. The molecule has 0 bridgehead atoms. The summed E-state index contributed by atoms with van der Waals surface area (Å²) in [5.41, 5.74) is 5.13. The van der Waals surface area contributed by atoms with Crippen LogP contribution >= 0.6 is 11.3 Å². The third-order valence-electron chi connectivity index (χ3n) is 5.89. The summed E-state index contributed by atoms with van der Waals surface area (Å²) in [7, 11) is 0. The number of rotatable bonds is 4. The van der Waals surface area contributed by atoms with Crippen molar-refractivity contribution in [3.05, 3.63) is 58.6 Å². The third kappa shape index (κ3) is 3.42. The van der Waals surface area contributed by atoms with Gasteiger partial charge in [-0.25, -0.2) is 4.98 Å². The number of pyridine rings is 1. The minimum atomic E-state index is 0.522. The minimum absolute atomic E-state index is 0.522. The molecular formula is C24H25N5S. The second-order valence-corrected chi connectivity index (χ2v) is 8.66. The fourth-order valence-electron chi connectivity index (χ4n) is 4.23. The van der Waals surface area contributed by atoms with E-state index in [0.717, 1.165) is 58.9 Å². The molecule has 4 aromatic heterocycles. The maximum absolute atomic E-state index is 4.65. The second-order valence-electron chi connectivity index (χ2n) is 7.71. The van der Waals surface area contributed by atoms with Gasteiger partial charge in [-0.05, 0) is 68.4 Å². The van der Waals surface area contributed by atoms with Crippen molar-refractivity contribution < 1.29 is 0 Å². The van der Waals surface area contributed by atoms with Crippen molar-refractivity contribution in [3.63, 3.8) is 0 Å². The number of aromatic amines is 2. The molecule has 0 amide bonds. The molecule has 1 aliphatic rings. The summed E-state index contributed by atoms with van der Waals surface area (Å²) in [6, 6.07) is 8.47. The Bertz CT molecular complexity index is 1300. The Balaban J connectivity index is 1.62. The molecule has 30 heavy (non-hydrogen) atoms. The van der Waals surface area contributed by atoms with Gasteiger partial charge in [0.2, 0.25) is 0 Å². The van der Waals surface area contributed by atoms with Gasteiger partial charge in [-0.15, -0.1) is 11.3 Å². The van der Waals surface area contributed by atoms with Crippen LogP contribution in [0.4, 0.5) is 0 Å². The first-order chi connectivity index (χ1) is 14.7. The summed E-state index contributed by atoms with van der Waals surface area (Å²) in [6.45, 7) is 8.54. The highest BCUT2D eigenvalue weighted by molar-refractivity contribution is 7.13. The second kappa shape index (κ2) is 8.05. The summed E-state index contributed by atoms with van der Waals surface area (Å²) in [5, 5.41) is 16.6. The molecule has 6 heteroatoms. The zero-order valence-corrected chi connectivity index (χ0v) is 17.9. The molecule has 0 spiro atoms. The Kier molecular flexibility index (Phi) is 5.11. The van der Waals surface area contributed by atoms with Crippen LogP contribution in [0, 0.1) is 5.92 Å². The van der Waals surface area contributed by atoms with Crippen LogP contribution in [0.3, 0.4) is 0 Å². The number of thiophene rings is 1.